The second-order valence-corrected chi connectivity index (χ2v) is 5.77. The van der Waals surface area contributed by atoms with Crippen molar-refractivity contribution >= 4 is 52.5 Å². The number of anilines is 1. The predicted molar refractivity (Wildman–Crippen MR) is 91.8 cm³/mol. The van der Waals surface area contributed by atoms with Crippen molar-refractivity contribution in [1.29, 1.82) is 5.26 Å². The number of carbonyl (C=O) groups excluding carboxylic acids is 1. The lowest BCUT2D eigenvalue weighted by Gasteiger charge is -2.06. The molecule has 2 rings (SSSR count). The van der Waals surface area contributed by atoms with Crippen molar-refractivity contribution in [1.82, 2.24) is 0 Å². The Morgan fingerprint density at radius 1 is 1.13 bits per heavy atom. The highest BCUT2D eigenvalue weighted by atomic mass is 35.5. The van der Waals surface area contributed by atoms with Gasteiger partial charge in [-0.2, -0.15) is 5.26 Å². The summed E-state index contributed by atoms with van der Waals surface area (Å²) in [6.07, 6.45) is 1.35. The molecule has 23 heavy (non-hydrogen) atoms. The predicted octanol–water partition coefficient (Wildman–Crippen LogP) is 4.90. The highest BCUT2D eigenvalue weighted by molar-refractivity contribution is 6.35. The number of phenols is 1. The van der Waals surface area contributed by atoms with Gasteiger partial charge in [-0.1, -0.05) is 40.9 Å². The lowest BCUT2D eigenvalue weighted by molar-refractivity contribution is -0.112. The van der Waals surface area contributed by atoms with E-state index in [9.17, 15) is 9.90 Å². The maximum Gasteiger partial charge on any atom is 0.266 e. The van der Waals surface area contributed by atoms with Crippen LogP contribution in [-0.2, 0) is 4.79 Å². The van der Waals surface area contributed by atoms with E-state index >= 15 is 0 Å². The van der Waals surface area contributed by atoms with E-state index in [4.69, 9.17) is 40.1 Å². The van der Waals surface area contributed by atoms with Gasteiger partial charge in [-0.3, -0.25) is 4.79 Å². The second-order valence-electron chi connectivity index (χ2n) is 4.49. The number of aromatic hydroxyl groups is 1. The maximum atomic E-state index is 12.2. The number of phenolic OH excluding ortho intramolecular Hbond substituents is 1. The minimum atomic E-state index is -0.616. The van der Waals surface area contributed by atoms with Gasteiger partial charge in [-0.15, -0.1) is 0 Å². The van der Waals surface area contributed by atoms with E-state index < -0.39 is 5.91 Å². The fourth-order valence-corrected chi connectivity index (χ4v) is 2.47. The van der Waals surface area contributed by atoms with Crippen molar-refractivity contribution < 1.29 is 9.90 Å². The normalized spacial score (nSPS) is 11.0. The zero-order valence-electron chi connectivity index (χ0n) is 11.5. The Morgan fingerprint density at radius 2 is 1.78 bits per heavy atom. The Bertz CT molecular complexity index is 821. The Kier molecular flexibility index (Phi) is 5.51. The third-order valence-electron chi connectivity index (χ3n) is 2.77. The Hall–Kier alpha value is -2.19. The Labute approximate surface area is 147 Å². The molecule has 7 heteroatoms. The van der Waals surface area contributed by atoms with E-state index in [0.29, 0.717) is 21.3 Å². The van der Waals surface area contributed by atoms with Crippen LogP contribution >= 0.6 is 34.8 Å². The standard InChI is InChI=1S/C16H9Cl3N2O2/c17-11-5-12(18)7-13(6-11)21-16(23)10(8-20)3-9-1-2-15(22)14(19)4-9/h1-7,22H,(H,21,23). The van der Waals surface area contributed by atoms with Crippen LogP contribution in [0.15, 0.2) is 42.0 Å². The summed E-state index contributed by atoms with van der Waals surface area (Å²) in [6.45, 7) is 0. The van der Waals surface area contributed by atoms with Gasteiger partial charge in [0, 0.05) is 15.7 Å². The molecule has 0 saturated carbocycles. The molecule has 0 saturated heterocycles. The number of halogens is 3. The van der Waals surface area contributed by atoms with Crippen LogP contribution in [0.3, 0.4) is 0 Å². The van der Waals surface area contributed by atoms with Crippen molar-refractivity contribution in [2.24, 2.45) is 0 Å². The van der Waals surface area contributed by atoms with Crippen LogP contribution in [0, 0.1) is 11.3 Å². The number of benzene rings is 2. The molecule has 0 aromatic heterocycles. The summed E-state index contributed by atoms with van der Waals surface area (Å²) in [7, 11) is 0. The fourth-order valence-electron chi connectivity index (χ4n) is 1.75. The summed E-state index contributed by atoms with van der Waals surface area (Å²) in [5.74, 6) is -0.699. The molecule has 0 atom stereocenters. The molecule has 0 unspecified atom stereocenters. The third kappa shape index (κ3) is 4.64. The maximum absolute atomic E-state index is 12.2. The Morgan fingerprint density at radius 3 is 2.35 bits per heavy atom. The van der Waals surface area contributed by atoms with Crippen molar-refractivity contribution in [3.63, 3.8) is 0 Å². The van der Waals surface area contributed by atoms with Gasteiger partial charge in [0.2, 0.25) is 0 Å². The van der Waals surface area contributed by atoms with Crippen LogP contribution in [0.4, 0.5) is 5.69 Å². The van der Waals surface area contributed by atoms with Gasteiger partial charge in [-0.05, 0) is 42.0 Å². The molecule has 0 aliphatic heterocycles. The van der Waals surface area contributed by atoms with E-state index in [0.717, 1.165) is 0 Å². The zero-order valence-corrected chi connectivity index (χ0v) is 13.7. The molecule has 0 bridgehead atoms. The van der Waals surface area contributed by atoms with E-state index in [-0.39, 0.29) is 16.3 Å². The van der Waals surface area contributed by atoms with Crippen LogP contribution in [-0.4, -0.2) is 11.0 Å². The first-order valence-corrected chi connectivity index (χ1v) is 7.40. The van der Waals surface area contributed by atoms with Crippen LogP contribution in [0.25, 0.3) is 6.08 Å². The molecule has 0 radical (unpaired) electrons. The Balaban J connectivity index is 2.26. The van der Waals surface area contributed by atoms with Gasteiger partial charge in [0.25, 0.3) is 5.91 Å². The molecule has 0 aliphatic carbocycles. The van der Waals surface area contributed by atoms with Gasteiger partial charge in [0.05, 0.1) is 5.02 Å². The number of hydrogen-bond acceptors (Lipinski definition) is 3. The van der Waals surface area contributed by atoms with Gasteiger partial charge in [0.1, 0.15) is 17.4 Å². The molecule has 2 N–H and O–H groups in total. The highest BCUT2D eigenvalue weighted by Crippen LogP contribution is 2.25. The van der Waals surface area contributed by atoms with Crippen molar-refractivity contribution in [3.8, 4) is 11.8 Å². The molecule has 0 aliphatic rings. The van der Waals surface area contributed by atoms with Crippen LogP contribution < -0.4 is 5.32 Å². The molecule has 4 nitrogen and oxygen atoms in total. The third-order valence-corrected chi connectivity index (χ3v) is 3.51. The lowest BCUT2D eigenvalue weighted by atomic mass is 10.1. The summed E-state index contributed by atoms with van der Waals surface area (Å²) < 4.78 is 0. The molecular weight excluding hydrogens is 359 g/mol. The highest BCUT2D eigenvalue weighted by Gasteiger charge is 2.11. The molecule has 2 aromatic carbocycles. The molecular formula is C16H9Cl3N2O2. The average Bonchev–Trinajstić information content (AvgIpc) is 2.47. The lowest BCUT2D eigenvalue weighted by Crippen LogP contribution is -2.13. The number of carbonyl (C=O) groups is 1. The summed E-state index contributed by atoms with van der Waals surface area (Å²) in [5, 5.41) is 21.9. The molecule has 116 valence electrons. The smallest absolute Gasteiger partial charge is 0.266 e. The minimum absolute atomic E-state index is 0.0830. The monoisotopic (exact) mass is 366 g/mol. The topological polar surface area (TPSA) is 73.1 Å². The van der Waals surface area contributed by atoms with Crippen LogP contribution in [0.5, 0.6) is 5.75 Å². The first-order valence-electron chi connectivity index (χ1n) is 6.27. The van der Waals surface area contributed by atoms with Gasteiger partial charge in [-0.25, -0.2) is 0 Å². The SMILES string of the molecule is N#CC(=Cc1ccc(O)c(Cl)c1)C(=O)Nc1cc(Cl)cc(Cl)c1. The van der Waals surface area contributed by atoms with Crippen molar-refractivity contribution in [3.05, 3.63) is 62.6 Å². The zero-order chi connectivity index (χ0) is 17.0. The van der Waals surface area contributed by atoms with Gasteiger partial charge in [0.15, 0.2) is 0 Å². The number of rotatable bonds is 3. The summed E-state index contributed by atoms with van der Waals surface area (Å²) >= 11 is 17.5. The molecule has 0 heterocycles. The van der Waals surface area contributed by atoms with Crippen molar-refractivity contribution in [2.45, 2.75) is 0 Å². The number of nitriles is 1. The first-order chi connectivity index (χ1) is 10.9. The van der Waals surface area contributed by atoms with Crippen molar-refractivity contribution in [2.75, 3.05) is 5.32 Å². The molecule has 1 amide bonds. The number of nitrogens with one attached hydrogen (secondary N) is 1. The number of nitrogens with zero attached hydrogens (tertiary/aromatic N) is 1. The van der Waals surface area contributed by atoms with Crippen LogP contribution in [0.2, 0.25) is 15.1 Å². The van der Waals surface area contributed by atoms with E-state index in [1.807, 2.05) is 6.07 Å². The average molecular weight is 368 g/mol. The summed E-state index contributed by atoms with van der Waals surface area (Å²) in [5.41, 5.74) is 0.740. The number of hydrogen-bond donors (Lipinski definition) is 2. The minimum Gasteiger partial charge on any atom is -0.506 e. The number of amides is 1. The second kappa shape index (κ2) is 7.38. The summed E-state index contributed by atoms with van der Waals surface area (Å²) in [4.78, 5) is 12.2. The largest absolute Gasteiger partial charge is 0.506 e. The molecule has 0 fully saturated rings. The molecule has 2 aromatic rings. The van der Waals surface area contributed by atoms with Crippen LogP contribution in [0.1, 0.15) is 5.56 Å². The van der Waals surface area contributed by atoms with Gasteiger partial charge < -0.3 is 10.4 Å². The van der Waals surface area contributed by atoms with Gasteiger partial charge >= 0.3 is 0 Å². The van der Waals surface area contributed by atoms with E-state index in [2.05, 4.69) is 5.32 Å². The molecule has 0 spiro atoms. The van der Waals surface area contributed by atoms with E-state index in [1.54, 1.807) is 0 Å². The summed E-state index contributed by atoms with van der Waals surface area (Å²) in [6, 6.07) is 10.7. The van der Waals surface area contributed by atoms with E-state index in [1.165, 1.54) is 42.5 Å². The quantitative estimate of drug-likeness (QED) is 0.598. The fraction of sp³-hybridized carbons (Fsp3) is 0. The first kappa shape index (κ1) is 17.2.